The van der Waals surface area contributed by atoms with Crippen molar-refractivity contribution in [2.75, 3.05) is 25.0 Å². The van der Waals surface area contributed by atoms with E-state index in [9.17, 15) is 4.79 Å². The Hall–Kier alpha value is -1.54. The van der Waals surface area contributed by atoms with Gasteiger partial charge in [0, 0.05) is 30.5 Å². The second-order valence-corrected chi connectivity index (χ2v) is 5.39. The van der Waals surface area contributed by atoms with Crippen molar-refractivity contribution in [3.05, 3.63) is 28.2 Å². The zero-order valence-corrected chi connectivity index (χ0v) is 12.2. The van der Waals surface area contributed by atoms with Crippen LogP contribution in [0.2, 0.25) is 0 Å². The van der Waals surface area contributed by atoms with Crippen LogP contribution < -0.4 is 5.32 Å². The molecule has 1 heterocycles. The first kappa shape index (κ1) is 13.9. The van der Waals surface area contributed by atoms with Gasteiger partial charge in [0.05, 0.1) is 11.3 Å². The number of benzene rings is 1. The third kappa shape index (κ3) is 3.48. The fourth-order valence-electron chi connectivity index (χ4n) is 2.21. The van der Waals surface area contributed by atoms with Crippen molar-refractivity contribution in [1.82, 2.24) is 4.90 Å². The SMILES string of the molecule is N#Cc1c(Br)cccc1NCCC(=O)N1CCCC1. The monoisotopic (exact) mass is 321 g/mol. The van der Waals surface area contributed by atoms with E-state index in [1.54, 1.807) is 0 Å². The maximum atomic E-state index is 11.9. The predicted molar refractivity (Wildman–Crippen MR) is 77.8 cm³/mol. The number of rotatable bonds is 4. The minimum absolute atomic E-state index is 0.193. The fraction of sp³-hybridized carbons (Fsp3) is 0.429. The summed E-state index contributed by atoms with van der Waals surface area (Å²) in [6.07, 6.45) is 2.70. The molecule has 0 atom stereocenters. The number of nitrogens with zero attached hydrogens (tertiary/aromatic N) is 2. The van der Waals surface area contributed by atoms with Crippen LogP contribution in [0, 0.1) is 11.3 Å². The Morgan fingerprint density at radius 3 is 2.84 bits per heavy atom. The van der Waals surface area contributed by atoms with Gasteiger partial charge in [0.15, 0.2) is 0 Å². The molecule has 1 aromatic rings. The van der Waals surface area contributed by atoms with Crippen molar-refractivity contribution in [3.8, 4) is 6.07 Å². The minimum Gasteiger partial charge on any atom is -0.383 e. The van der Waals surface area contributed by atoms with E-state index >= 15 is 0 Å². The number of nitriles is 1. The van der Waals surface area contributed by atoms with Gasteiger partial charge in [-0.3, -0.25) is 4.79 Å². The van der Waals surface area contributed by atoms with Crippen LogP contribution >= 0.6 is 15.9 Å². The van der Waals surface area contributed by atoms with Crippen LogP contribution in [0.4, 0.5) is 5.69 Å². The minimum atomic E-state index is 0.193. The number of halogens is 1. The van der Waals surface area contributed by atoms with Gasteiger partial charge < -0.3 is 10.2 Å². The molecule has 1 fully saturated rings. The van der Waals surface area contributed by atoms with E-state index in [0.29, 0.717) is 18.5 Å². The lowest BCUT2D eigenvalue weighted by molar-refractivity contribution is -0.129. The van der Waals surface area contributed by atoms with Gasteiger partial charge in [-0.25, -0.2) is 0 Å². The summed E-state index contributed by atoms with van der Waals surface area (Å²) in [7, 11) is 0. The van der Waals surface area contributed by atoms with Crippen LogP contribution in [0.5, 0.6) is 0 Å². The molecule has 0 radical (unpaired) electrons. The maximum Gasteiger partial charge on any atom is 0.224 e. The van der Waals surface area contributed by atoms with Crippen LogP contribution in [0.15, 0.2) is 22.7 Å². The lowest BCUT2D eigenvalue weighted by Crippen LogP contribution is -2.29. The molecule has 1 aliphatic heterocycles. The average Bonchev–Trinajstić information content (AvgIpc) is 2.93. The highest BCUT2D eigenvalue weighted by molar-refractivity contribution is 9.10. The number of nitrogens with one attached hydrogen (secondary N) is 1. The number of carbonyl (C=O) groups is 1. The molecule has 1 saturated heterocycles. The summed E-state index contributed by atoms with van der Waals surface area (Å²) in [5.74, 6) is 0.193. The van der Waals surface area contributed by atoms with E-state index in [-0.39, 0.29) is 5.91 Å². The number of hydrogen-bond donors (Lipinski definition) is 1. The van der Waals surface area contributed by atoms with Gasteiger partial charge in [0.1, 0.15) is 6.07 Å². The second-order valence-electron chi connectivity index (χ2n) is 4.54. The van der Waals surface area contributed by atoms with Crippen molar-refractivity contribution >= 4 is 27.5 Å². The molecular formula is C14H16BrN3O. The Morgan fingerprint density at radius 2 is 2.16 bits per heavy atom. The standard InChI is InChI=1S/C14H16BrN3O/c15-12-4-3-5-13(11(12)10-16)17-7-6-14(19)18-8-1-2-9-18/h3-5,17H,1-2,6-9H2. The van der Waals surface area contributed by atoms with Gasteiger partial charge in [-0.05, 0) is 40.9 Å². The molecule has 1 N–H and O–H groups in total. The fourth-order valence-corrected chi connectivity index (χ4v) is 2.67. The molecule has 5 heteroatoms. The summed E-state index contributed by atoms with van der Waals surface area (Å²) in [5.41, 5.74) is 1.35. The van der Waals surface area contributed by atoms with Gasteiger partial charge in [0.25, 0.3) is 0 Å². The average molecular weight is 322 g/mol. The van der Waals surface area contributed by atoms with E-state index in [1.807, 2.05) is 23.1 Å². The summed E-state index contributed by atoms with van der Waals surface area (Å²) in [6, 6.07) is 7.71. The summed E-state index contributed by atoms with van der Waals surface area (Å²) in [6.45, 7) is 2.33. The van der Waals surface area contributed by atoms with Crippen LogP contribution in [0.3, 0.4) is 0 Å². The topological polar surface area (TPSA) is 56.1 Å². The summed E-state index contributed by atoms with van der Waals surface area (Å²) in [4.78, 5) is 13.8. The summed E-state index contributed by atoms with van der Waals surface area (Å²) < 4.78 is 0.769. The van der Waals surface area contributed by atoms with Crippen molar-refractivity contribution < 1.29 is 4.79 Å². The van der Waals surface area contributed by atoms with E-state index in [4.69, 9.17) is 5.26 Å². The first-order valence-electron chi connectivity index (χ1n) is 6.42. The number of carbonyl (C=O) groups excluding carboxylic acids is 1. The molecule has 0 saturated carbocycles. The molecule has 0 unspecified atom stereocenters. The van der Waals surface area contributed by atoms with Gasteiger partial charge >= 0.3 is 0 Å². The highest BCUT2D eigenvalue weighted by atomic mass is 79.9. The van der Waals surface area contributed by atoms with Crippen molar-refractivity contribution in [3.63, 3.8) is 0 Å². The number of amides is 1. The molecule has 1 amide bonds. The first-order chi connectivity index (χ1) is 9.22. The van der Waals surface area contributed by atoms with E-state index in [1.165, 1.54) is 0 Å². The lowest BCUT2D eigenvalue weighted by Gasteiger charge is -2.15. The molecule has 100 valence electrons. The van der Waals surface area contributed by atoms with Crippen LogP contribution in [0.1, 0.15) is 24.8 Å². The van der Waals surface area contributed by atoms with Crippen LogP contribution in [-0.2, 0) is 4.79 Å². The normalized spacial score (nSPS) is 14.2. The Morgan fingerprint density at radius 1 is 1.42 bits per heavy atom. The number of anilines is 1. The third-order valence-electron chi connectivity index (χ3n) is 3.24. The largest absolute Gasteiger partial charge is 0.383 e. The van der Waals surface area contributed by atoms with Gasteiger partial charge in [-0.15, -0.1) is 0 Å². The zero-order valence-electron chi connectivity index (χ0n) is 10.7. The van der Waals surface area contributed by atoms with Crippen LogP contribution in [0.25, 0.3) is 0 Å². The van der Waals surface area contributed by atoms with Crippen molar-refractivity contribution in [1.29, 1.82) is 5.26 Å². The highest BCUT2D eigenvalue weighted by Crippen LogP contribution is 2.23. The molecule has 4 nitrogen and oxygen atoms in total. The maximum absolute atomic E-state index is 11.9. The second kappa shape index (κ2) is 6.58. The molecule has 1 aromatic carbocycles. The van der Waals surface area contributed by atoms with Gasteiger partial charge in [-0.1, -0.05) is 6.07 Å². The molecule has 2 rings (SSSR count). The van der Waals surface area contributed by atoms with Crippen molar-refractivity contribution in [2.24, 2.45) is 0 Å². The molecule has 0 bridgehead atoms. The smallest absolute Gasteiger partial charge is 0.224 e. The first-order valence-corrected chi connectivity index (χ1v) is 7.22. The van der Waals surface area contributed by atoms with E-state index in [0.717, 1.165) is 36.1 Å². The summed E-state index contributed by atoms with van der Waals surface area (Å²) >= 11 is 3.34. The molecule has 0 spiro atoms. The molecule has 1 aliphatic rings. The highest BCUT2D eigenvalue weighted by Gasteiger charge is 2.17. The van der Waals surface area contributed by atoms with E-state index < -0.39 is 0 Å². The Kier molecular flexibility index (Phi) is 4.80. The molecule has 0 aromatic heterocycles. The predicted octanol–water partition coefficient (Wildman–Crippen LogP) is 2.75. The zero-order chi connectivity index (χ0) is 13.7. The quantitative estimate of drug-likeness (QED) is 0.927. The van der Waals surface area contributed by atoms with Gasteiger partial charge in [-0.2, -0.15) is 5.26 Å². The van der Waals surface area contributed by atoms with Gasteiger partial charge in [0.2, 0.25) is 5.91 Å². The van der Waals surface area contributed by atoms with Crippen LogP contribution in [-0.4, -0.2) is 30.4 Å². The molecule has 19 heavy (non-hydrogen) atoms. The third-order valence-corrected chi connectivity index (χ3v) is 3.90. The Labute approximate surface area is 121 Å². The number of likely N-dealkylation sites (tertiary alicyclic amines) is 1. The molecule has 0 aliphatic carbocycles. The summed E-state index contributed by atoms with van der Waals surface area (Å²) in [5, 5.41) is 12.2. The van der Waals surface area contributed by atoms with E-state index in [2.05, 4.69) is 27.3 Å². The Balaban J connectivity index is 1.87. The van der Waals surface area contributed by atoms with Crippen molar-refractivity contribution in [2.45, 2.75) is 19.3 Å². The number of hydrogen-bond acceptors (Lipinski definition) is 3. The lowest BCUT2D eigenvalue weighted by atomic mass is 10.2. The Bertz CT molecular complexity index is 504. The molecular weight excluding hydrogens is 306 g/mol.